The van der Waals surface area contributed by atoms with E-state index in [1.54, 1.807) is 7.11 Å². The van der Waals surface area contributed by atoms with Crippen LogP contribution in [0, 0.1) is 17.8 Å². The molecule has 3 rings (SSSR count). The Morgan fingerprint density at radius 3 is 2.23 bits per heavy atom. The summed E-state index contributed by atoms with van der Waals surface area (Å²) >= 11 is 0. The quantitative estimate of drug-likeness (QED) is 0.572. The minimum Gasteiger partial charge on any atom is -0.497 e. The maximum atomic E-state index is 5.20. The topological polar surface area (TPSA) is 9.23 Å². The molecule has 0 heterocycles. The first-order chi connectivity index (χ1) is 12.8. The van der Waals surface area contributed by atoms with Gasteiger partial charge in [0.05, 0.1) is 7.11 Å². The van der Waals surface area contributed by atoms with E-state index in [1.165, 1.54) is 56.1 Å². The highest BCUT2D eigenvalue weighted by Gasteiger charge is 2.21. The summed E-state index contributed by atoms with van der Waals surface area (Å²) in [5, 5.41) is 0. The van der Waals surface area contributed by atoms with Gasteiger partial charge in [0.2, 0.25) is 0 Å². The lowest BCUT2D eigenvalue weighted by Gasteiger charge is -2.26. The number of unbranched alkanes of at least 4 members (excludes halogenated alkanes) is 1. The Balaban J connectivity index is 1.51. The van der Waals surface area contributed by atoms with Gasteiger partial charge in [-0.1, -0.05) is 49.5 Å². The summed E-state index contributed by atoms with van der Waals surface area (Å²) in [7, 11) is 1.69. The fourth-order valence-electron chi connectivity index (χ4n) is 3.77. The first kappa shape index (κ1) is 18.6. The summed E-state index contributed by atoms with van der Waals surface area (Å²) in [5.74, 6) is 8.97. The van der Waals surface area contributed by atoms with E-state index in [1.807, 2.05) is 24.3 Å². The maximum Gasteiger partial charge on any atom is 0.118 e. The number of hydrogen-bond donors (Lipinski definition) is 0. The Hall–Kier alpha value is -2.20. The van der Waals surface area contributed by atoms with Gasteiger partial charge in [0, 0.05) is 11.5 Å². The maximum absolute atomic E-state index is 5.20. The summed E-state index contributed by atoms with van der Waals surface area (Å²) in [6, 6.07) is 17.4. The van der Waals surface area contributed by atoms with Crippen LogP contribution in [0.2, 0.25) is 0 Å². The molecule has 1 aliphatic rings. The zero-order valence-electron chi connectivity index (χ0n) is 16.1. The molecule has 26 heavy (non-hydrogen) atoms. The summed E-state index contributed by atoms with van der Waals surface area (Å²) in [6.07, 6.45) is 8.72. The predicted octanol–water partition coefficient (Wildman–Crippen LogP) is 6.36. The van der Waals surface area contributed by atoms with Crippen molar-refractivity contribution in [3.63, 3.8) is 0 Å². The van der Waals surface area contributed by atoms with Gasteiger partial charge >= 0.3 is 0 Å². The zero-order chi connectivity index (χ0) is 18.2. The number of hydrogen-bond acceptors (Lipinski definition) is 1. The van der Waals surface area contributed by atoms with Crippen molar-refractivity contribution in [1.29, 1.82) is 0 Å². The summed E-state index contributed by atoms with van der Waals surface area (Å²) in [4.78, 5) is 0. The fraction of sp³-hybridized carbons (Fsp3) is 0.440. The Labute approximate surface area is 158 Å². The molecule has 0 spiro atoms. The van der Waals surface area contributed by atoms with Crippen LogP contribution in [0.1, 0.15) is 68.1 Å². The van der Waals surface area contributed by atoms with Crippen molar-refractivity contribution in [3.05, 3.63) is 65.2 Å². The van der Waals surface area contributed by atoms with Crippen molar-refractivity contribution in [2.75, 3.05) is 7.11 Å². The molecular weight excluding hydrogens is 316 g/mol. The number of methoxy groups -OCH3 is 1. The lowest BCUT2D eigenvalue weighted by atomic mass is 9.78. The standard InChI is InChI=1S/C25H30O/c1-3-4-5-20-8-14-23(15-9-20)24-16-10-21(11-17-24)6-7-22-12-18-25(26-2)19-13-22/h8-9,12-15,18-19,21,24H,3-5,10-11,16-17H2,1-2H3. The Bertz CT molecular complexity index is 722. The molecule has 1 nitrogen and oxygen atoms in total. The first-order valence-electron chi connectivity index (χ1n) is 10.0. The molecule has 0 aliphatic heterocycles. The van der Waals surface area contributed by atoms with Crippen molar-refractivity contribution in [3.8, 4) is 17.6 Å². The van der Waals surface area contributed by atoms with Crippen LogP contribution in [0.3, 0.4) is 0 Å². The molecule has 1 saturated carbocycles. The Kier molecular flexibility index (Phi) is 6.78. The highest BCUT2D eigenvalue weighted by molar-refractivity contribution is 5.38. The smallest absolute Gasteiger partial charge is 0.118 e. The van der Waals surface area contributed by atoms with E-state index in [9.17, 15) is 0 Å². The van der Waals surface area contributed by atoms with Crippen LogP contribution in [-0.4, -0.2) is 7.11 Å². The van der Waals surface area contributed by atoms with Crippen LogP contribution >= 0.6 is 0 Å². The van der Waals surface area contributed by atoms with Gasteiger partial charge in [0.15, 0.2) is 0 Å². The van der Waals surface area contributed by atoms with Crippen LogP contribution in [0.4, 0.5) is 0 Å². The molecule has 0 radical (unpaired) electrons. The van der Waals surface area contributed by atoms with Crippen molar-refractivity contribution in [1.82, 2.24) is 0 Å². The molecule has 0 N–H and O–H groups in total. The van der Waals surface area contributed by atoms with Gasteiger partial charge in [-0.2, -0.15) is 0 Å². The molecular formula is C25H30O. The molecule has 136 valence electrons. The number of benzene rings is 2. The molecule has 0 aromatic heterocycles. The first-order valence-corrected chi connectivity index (χ1v) is 10.0. The van der Waals surface area contributed by atoms with Crippen LogP contribution in [-0.2, 0) is 6.42 Å². The van der Waals surface area contributed by atoms with Crippen molar-refractivity contribution < 1.29 is 4.74 Å². The van der Waals surface area contributed by atoms with Gasteiger partial charge in [-0.3, -0.25) is 0 Å². The molecule has 0 unspecified atom stereocenters. The molecule has 0 amide bonds. The van der Waals surface area contributed by atoms with Crippen LogP contribution < -0.4 is 4.74 Å². The van der Waals surface area contributed by atoms with Gasteiger partial charge in [-0.25, -0.2) is 0 Å². The van der Waals surface area contributed by atoms with E-state index < -0.39 is 0 Å². The van der Waals surface area contributed by atoms with Crippen LogP contribution in [0.5, 0.6) is 5.75 Å². The molecule has 0 saturated heterocycles. The van der Waals surface area contributed by atoms with E-state index in [0.29, 0.717) is 11.8 Å². The number of ether oxygens (including phenoxy) is 1. The Morgan fingerprint density at radius 1 is 0.923 bits per heavy atom. The number of aryl methyl sites for hydroxylation is 1. The van der Waals surface area contributed by atoms with E-state index in [0.717, 1.165) is 11.3 Å². The van der Waals surface area contributed by atoms with E-state index in [-0.39, 0.29) is 0 Å². The van der Waals surface area contributed by atoms with Crippen molar-refractivity contribution >= 4 is 0 Å². The monoisotopic (exact) mass is 346 g/mol. The molecule has 0 bridgehead atoms. The molecule has 2 aromatic carbocycles. The SMILES string of the molecule is CCCCc1ccc(C2CCC(C#Cc3ccc(OC)cc3)CC2)cc1. The lowest BCUT2D eigenvalue weighted by Crippen LogP contribution is -2.12. The molecule has 0 atom stereocenters. The third kappa shape index (κ3) is 5.15. The van der Waals surface area contributed by atoms with Gasteiger partial charge in [0.1, 0.15) is 5.75 Å². The third-order valence-corrected chi connectivity index (χ3v) is 5.51. The highest BCUT2D eigenvalue weighted by atomic mass is 16.5. The van der Waals surface area contributed by atoms with Gasteiger partial charge in [0.25, 0.3) is 0 Å². The van der Waals surface area contributed by atoms with Gasteiger partial charge in [-0.15, -0.1) is 0 Å². The molecule has 2 aromatic rings. The molecule has 1 heteroatoms. The van der Waals surface area contributed by atoms with Crippen molar-refractivity contribution in [2.45, 2.75) is 57.8 Å². The minimum atomic E-state index is 0.539. The van der Waals surface area contributed by atoms with Gasteiger partial charge in [-0.05, 0) is 79.8 Å². The average molecular weight is 347 g/mol. The minimum absolute atomic E-state index is 0.539. The second kappa shape index (κ2) is 9.48. The molecule has 1 fully saturated rings. The molecule has 1 aliphatic carbocycles. The number of rotatable bonds is 5. The summed E-state index contributed by atoms with van der Waals surface area (Å²) < 4.78 is 5.20. The predicted molar refractivity (Wildman–Crippen MR) is 110 cm³/mol. The van der Waals surface area contributed by atoms with E-state index in [2.05, 4.69) is 43.0 Å². The zero-order valence-corrected chi connectivity index (χ0v) is 16.1. The second-order valence-electron chi connectivity index (χ2n) is 7.39. The van der Waals surface area contributed by atoms with Crippen LogP contribution in [0.25, 0.3) is 0 Å². The largest absolute Gasteiger partial charge is 0.497 e. The average Bonchev–Trinajstić information content (AvgIpc) is 2.72. The van der Waals surface area contributed by atoms with E-state index in [4.69, 9.17) is 4.74 Å². The Morgan fingerprint density at radius 2 is 1.62 bits per heavy atom. The highest BCUT2D eigenvalue weighted by Crippen LogP contribution is 2.35. The van der Waals surface area contributed by atoms with Crippen molar-refractivity contribution in [2.24, 2.45) is 5.92 Å². The second-order valence-corrected chi connectivity index (χ2v) is 7.39. The fourth-order valence-corrected chi connectivity index (χ4v) is 3.77. The summed E-state index contributed by atoms with van der Waals surface area (Å²) in [5.41, 5.74) is 4.08. The van der Waals surface area contributed by atoms with Gasteiger partial charge < -0.3 is 4.74 Å². The third-order valence-electron chi connectivity index (χ3n) is 5.51. The van der Waals surface area contributed by atoms with Crippen LogP contribution in [0.15, 0.2) is 48.5 Å². The summed E-state index contributed by atoms with van der Waals surface area (Å²) in [6.45, 7) is 2.25. The normalized spacial score (nSPS) is 19.5. The lowest BCUT2D eigenvalue weighted by molar-refractivity contribution is 0.384. The van der Waals surface area contributed by atoms with E-state index >= 15 is 0 Å².